The predicted octanol–water partition coefficient (Wildman–Crippen LogP) is 2.82. The van der Waals surface area contributed by atoms with Gasteiger partial charge in [0.05, 0.1) is 5.71 Å². The lowest BCUT2D eigenvalue weighted by Crippen LogP contribution is -2.06. The molecule has 4 nitrogen and oxygen atoms in total. The molecule has 0 radical (unpaired) electrons. The van der Waals surface area contributed by atoms with Crippen LogP contribution in [-0.4, -0.2) is 23.2 Å². The average molecular weight is 316 g/mol. The minimum atomic E-state index is 0.0993. The number of nitrogens with two attached hydrogens (primary N) is 1. The predicted molar refractivity (Wildman–Crippen MR) is 76.7 cm³/mol. The van der Waals surface area contributed by atoms with E-state index in [0.29, 0.717) is 12.4 Å². The van der Waals surface area contributed by atoms with Gasteiger partial charge in [0.25, 0.3) is 0 Å². The van der Waals surface area contributed by atoms with Gasteiger partial charge < -0.3 is 10.6 Å². The molecule has 0 unspecified atom stereocenters. The SMILES string of the molecule is C/C(=N\OCCSC(=N)N)c1ccc(Br)cc1. The highest BCUT2D eigenvalue weighted by Crippen LogP contribution is 2.11. The van der Waals surface area contributed by atoms with E-state index in [-0.39, 0.29) is 5.17 Å². The van der Waals surface area contributed by atoms with E-state index in [9.17, 15) is 0 Å². The Labute approximate surface area is 113 Å². The Morgan fingerprint density at radius 2 is 2.12 bits per heavy atom. The second kappa shape index (κ2) is 7.34. The van der Waals surface area contributed by atoms with E-state index in [1.165, 1.54) is 11.8 Å². The number of nitrogens with zero attached hydrogens (tertiary/aromatic N) is 1. The van der Waals surface area contributed by atoms with Gasteiger partial charge in [0.2, 0.25) is 0 Å². The highest BCUT2D eigenvalue weighted by Gasteiger charge is 1.98. The van der Waals surface area contributed by atoms with Crippen LogP contribution in [0.1, 0.15) is 12.5 Å². The highest BCUT2D eigenvalue weighted by molar-refractivity contribution is 9.10. The van der Waals surface area contributed by atoms with E-state index >= 15 is 0 Å². The molecule has 0 saturated heterocycles. The summed E-state index contributed by atoms with van der Waals surface area (Å²) in [6.45, 7) is 2.33. The molecule has 0 spiro atoms. The fourth-order valence-electron chi connectivity index (χ4n) is 1.08. The molecule has 0 aliphatic heterocycles. The van der Waals surface area contributed by atoms with Crippen LogP contribution in [0.4, 0.5) is 0 Å². The summed E-state index contributed by atoms with van der Waals surface area (Å²) in [4.78, 5) is 5.13. The molecular formula is C11H14BrN3OS. The molecule has 0 aromatic heterocycles. The molecule has 0 heterocycles. The van der Waals surface area contributed by atoms with Crippen LogP contribution < -0.4 is 5.73 Å². The summed E-state index contributed by atoms with van der Waals surface area (Å²) in [5, 5.41) is 11.1. The van der Waals surface area contributed by atoms with Crippen LogP contribution >= 0.6 is 27.7 Å². The third-order valence-corrected chi connectivity index (χ3v) is 3.11. The summed E-state index contributed by atoms with van der Waals surface area (Å²) in [5.41, 5.74) is 7.04. The molecule has 0 atom stereocenters. The summed E-state index contributed by atoms with van der Waals surface area (Å²) in [7, 11) is 0. The van der Waals surface area contributed by atoms with Crippen LogP contribution in [0.2, 0.25) is 0 Å². The van der Waals surface area contributed by atoms with E-state index in [0.717, 1.165) is 15.7 Å². The van der Waals surface area contributed by atoms with E-state index in [1.807, 2.05) is 31.2 Å². The first-order valence-corrected chi connectivity index (χ1v) is 6.77. The van der Waals surface area contributed by atoms with Crippen molar-refractivity contribution in [1.29, 1.82) is 5.41 Å². The van der Waals surface area contributed by atoms with Crippen LogP contribution in [-0.2, 0) is 4.84 Å². The maximum Gasteiger partial charge on any atom is 0.151 e. The summed E-state index contributed by atoms with van der Waals surface area (Å²) < 4.78 is 1.04. The summed E-state index contributed by atoms with van der Waals surface area (Å²) in [5.74, 6) is 0.631. The first-order chi connectivity index (χ1) is 8.09. The van der Waals surface area contributed by atoms with E-state index < -0.39 is 0 Å². The van der Waals surface area contributed by atoms with Gasteiger partial charge in [0.1, 0.15) is 6.61 Å². The third-order valence-electron chi connectivity index (χ3n) is 1.90. The summed E-state index contributed by atoms with van der Waals surface area (Å²) in [6, 6.07) is 7.85. The van der Waals surface area contributed by atoms with Crippen molar-refractivity contribution in [3.63, 3.8) is 0 Å². The zero-order chi connectivity index (χ0) is 12.7. The Morgan fingerprint density at radius 1 is 1.47 bits per heavy atom. The number of hydrogen-bond acceptors (Lipinski definition) is 4. The standard InChI is InChI=1S/C11H14BrN3OS/c1-8(9-2-4-10(12)5-3-9)15-16-6-7-17-11(13)14/h2-5H,6-7H2,1H3,(H3,13,14)/b15-8+. The molecule has 0 aliphatic rings. The average Bonchev–Trinajstić information content (AvgIpc) is 2.29. The number of rotatable bonds is 5. The van der Waals surface area contributed by atoms with Gasteiger partial charge in [-0.2, -0.15) is 0 Å². The van der Waals surface area contributed by atoms with Gasteiger partial charge in [-0.05, 0) is 24.6 Å². The third kappa shape index (κ3) is 5.74. The van der Waals surface area contributed by atoms with Gasteiger partial charge in [0.15, 0.2) is 5.17 Å². The second-order valence-corrected chi connectivity index (χ2v) is 5.28. The Hall–Kier alpha value is -1.01. The molecule has 0 amide bonds. The monoisotopic (exact) mass is 315 g/mol. The lowest BCUT2D eigenvalue weighted by molar-refractivity contribution is 0.161. The summed E-state index contributed by atoms with van der Waals surface area (Å²) in [6.07, 6.45) is 0. The number of nitrogens with one attached hydrogen (secondary N) is 1. The molecular weight excluding hydrogens is 302 g/mol. The number of halogens is 1. The Morgan fingerprint density at radius 3 is 2.71 bits per heavy atom. The van der Waals surface area contributed by atoms with Crippen LogP contribution in [0.15, 0.2) is 33.9 Å². The molecule has 0 fully saturated rings. The lowest BCUT2D eigenvalue weighted by Gasteiger charge is -2.02. The van der Waals surface area contributed by atoms with E-state index in [2.05, 4.69) is 21.1 Å². The summed E-state index contributed by atoms with van der Waals surface area (Å²) >= 11 is 4.62. The molecule has 17 heavy (non-hydrogen) atoms. The first kappa shape index (κ1) is 14.1. The zero-order valence-corrected chi connectivity index (χ0v) is 11.8. The van der Waals surface area contributed by atoms with Crippen LogP contribution in [0.5, 0.6) is 0 Å². The van der Waals surface area contributed by atoms with Crippen molar-refractivity contribution in [2.75, 3.05) is 12.4 Å². The minimum Gasteiger partial charge on any atom is -0.395 e. The van der Waals surface area contributed by atoms with Crippen molar-refractivity contribution in [3.8, 4) is 0 Å². The second-order valence-electron chi connectivity index (χ2n) is 3.23. The molecule has 1 aromatic carbocycles. The first-order valence-electron chi connectivity index (χ1n) is 4.99. The smallest absolute Gasteiger partial charge is 0.151 e. The number of benzene rings is 1. The van der Waals surface area contributed by atoms with Crippen LogP contribution in [0.3, 0.4) is 0 Å². The lowest BCUT2D eigenvalue weighted by atomic mass is 10.1. The Bertz CT molecular complexity index is 406. The molecule has 0 saturated carbocycles. The zero-order valence-electron chi connectivity index (χ0n) is 9.44. The quantitative estimate of drug-likeness (QED) is 0.380. The van der Waals surface area contributed by atoms with Crippen molar-refractivity contribution in [1.82, 2.24) is 0 Å². The Balaban J connectivity index is 2.39. The van der Waals surface area contributed by atoms with Crippen molar-refractivity contribution in [2.45, 2.75) is 6.92 Å². The fourth-order valence-corrected chi connectivity index (χ4v) is 1.72. The van der Waals surface area contributed by atoms with E-state index in [4.69, 9.17) is 16.0 Å². The normalized spacial score (nSPS) is 11.3. The number of thioether (sulfide) groups is 1. The molecule has 1 rings (SSSR count). The van der Waals surface area contributed by atoms with Crippen LogP contribution in [0.25, 0.3) is 0 Å². The van der Waals surface area contributed by atoms with Crippen LogP contribution in [0, 0.1) is 5.41 Å². The van der Waals surface area contributed by atoms with Gasteiger partial charge in [-0.25, -0.2) is 0 Å². The highest BCUT2D eigenvalue weighted by atomic mass is 79.9. The topological polar surface area (TPSA) is 71.5 Å². The fraction of sp³-hybridized carbons (Fsp3) is 0.273. The molecule has 3 N–H and O–H groups in total. The molecule has 92 valence electrons. The maximum absolute atomic E-state index is 7.01. The number of hydrogen-bond donors (Lipinski definition) is 2. The van der Waals surface area contributed by atoms with Crippen molar-refractivity contribution < 1.29 is 4.84 Å². The largest absolute Gasteiger partial charge is 0.395 e. The minimum absolute atomic E-state index is 0.0993. The molecule has 6 heteroatoms. The number of amidine groups is 1. The van der Waals surface area contributed by atoms with Gasteiger partial charge >= 0.3 is 0 Å². The van der Waals surface area contributed by atoms with E-state index in [1.54, 1.807) is 0 Å². The van der Waals surface area contributed by atoms with Crippen molar-refractivity contribution in [2.24, 2.45) is 10.9 Å². The molecule has 0 bridgehead atoms. The molecule has 1 aromatic rings. The van der Waals surface area contributed by atoms with Crippen molar-refractivity contribution >= 4 is 38.6 Å². The maximum atomic E-state index is 7.01. The van der Waals surface area contributed by atoms with Gasteiger partial charge in [-0.15, -0.1) is 0 Å². The molecule has 0 aliphatic carbocycles. The van der Waals surface area contributed by atoms with Gasteiger partial charge in [-0.1, -0.05) is 45.0 Å². The van der Waals surface area contributed by atoms with Gasteiger partial charge in [-0.3, -0.25) is 5.41 Å². The van der Waals surface area contributed by atoms with Crippen molar-refractivity contribution in [3.05, 3.63) is 34.3 Å². The van der Waals surface area contributed by atoms with Gasteiger partial charge in [0, 0.05) is 10.2 Å². The Kier molecular flexibility index (Phi) is 6.07. The number of oxime groups is 1.